The van der Waals surface area contributed by atoms with Crippen molar-refractivity contribution in [3.05, 3.63) is 70.7 Å². The maximum atomic E-state index is 5.95. The lowest BCUT2D eigenvalue weighted by Gasteiger charge is -2.28. The maximum Gasteiger partial charge on any atom is 0.0406 e. The maximum absolute atomic E-state index is 5.95. The SMILES string of the molecule is CCN(Cc1ccccc1)C(C)c1ccc(Cl)cc1. The van der Waals surface area contributed by atoms with E-state index < -0.39 is 0 Å². The normalized spacial score (nSPS) is 12.6. The molecule has 0 saturated heterocycles. The molecule has 0 aliphatic heterocycles. The largest absolute Gasteiger partial charge is 0.293 e. The third-order valence-corrected chi connectivity index (χ3v) is 3.79. The summed E-state index contributed by atoms with van der Waals surface area (Å²) >= 11 is 5.95. The first-order chi connectivity index (χ1) is 9.20. The molecule has 2 rings (SSSR count). The van der Waals surface area contributed by atoms with Crippen molar-refractivity contribution in [2.24, 2.45) is 0 Å². The van der Waals surface area contributed by atoms with Gasteiger partial charge in [0.05, 0.1) is 0 Å². The monoisotopic (exact) mass is 273 g/mol. The molecule has 0 bridgehead atoms. The Morgan fingerprint density at radius 2 is 1.63 bits per heavy atom. The van der Waals surface area contributed by atoms with E-state index in [1.54, 1.807) is 0 Å². The van der Waals surface area contributed by atoms with Gasteiger partial charge in [0.25, 0.3) is 0 Å². The minimum atomic E-state index is 0.391. The van der Waals surface area contributed by atoms with Gasteiger partial charge in [0.15, 0.2) is 0 Å². The Bertz CT molecular complexity index is 492. The van der Waals surface area contributed by atoms with Crippen molar-refractivity contribution in [2.45, 2.75) is 26.4 Å². The van der Waals surface area contributed by atoms with E-state index in [1.165, 1.54) is 11.1 Å². The smallest absolute Gasteiger partial charge is 0.0406 e. The molecule has 0 amide bonds. The van der Waals surface area contributed by atoms with E-state index in [1.807, 2.05) is 12.1 Å². The minimum Gasteiger partial charge on any atom is -0.293 e. The van der Waals surface area contributed by atoms with Crippen molar-refractivity contribution >= 4 is 11.6 Å². The number of nitrogens with zero attached hydrogens (tertiary/aromatic N) is 1. The summed E-state index contributed by atoms with van der Waals surface area (Å²) in [5, 5.41) is 0.794. The van der Waals surface area contributed by atoms with E-state index in [9.17, 15) is 0 Å². The van der Waals surface area contributed by atoms with Crippen molar-refractivity contribution in [1.82, 2.24) is 4.90 Å². The van der Waals surface area contributed by atoms with E-state index in [4.69, 9.17) is 11.6 Å². The van der Waals surface area contributed by atoms with Gasteiger partial charge >= 0.3 is 0 Å². The summed E-state index contributed by atoms with van der Waals surface area (Å²) in [5.41, 5.74) is 2.66. The van der Waals surface area contributed by atoms with Gasteiger partial charge in [-0.25, -0.2) is 0 Å². The quantitative estimate of drug-likeness (QED) is 0.747. The molecule has 19 heavy (non-hydrogen) atoms. The van der Waals surface area contributed by atoms with E-state index in [0.29, 0.717) is 6.04 Å². The van der Waals surface area contributed by atoms with Crippen LogP contribution >= 0.6 is 11.6 Å². The Balaban J connectivity index is 2.11. The molecule has 0 aromatic heterocycles. The Kier molecular flexibility index (Phi) is 5.00. The molecule has 2 aromatic carbocycles. The average molecular weight is 274 g/mol. The number of rotatable bonds is 5. The van der Waals surface area contributed by atoms with E-state index in [-0.39, 0.29) is 0 Å². The van der Waals surface area contributed by atoms with Crippen molar-refractivity contribution in [2.75, 3.05) is 6.54 Å². The van der Waals surface area contributed by atoms with Gasteiger partial charge < -0.3 is 0 Å². The molecule has 0 aliphatic rings. The summed E-state index contributed by atoms with van der Waals surface area (Å²) in [6, 6.07) is 19.1. The highest BCUT2D eigenvalue weighted by molar-refractivity contribution is 6.30. The standard InChI is InChI=1S/C17H20ClN/c1-3-19(13-15-7-5-4-6-8-15)14(2)16-9-11-17(18)12-10-16/h4-12,14H,3,13H2,1-2H3. The summed E-state index contributed by atoms with van der Waals surface area (Å²) in [6.07, 6.45) is 0. The molecule has 100 valence electrons. The van der Waals surface area contributed by atoms with Crippen LogP contribution in [0.25, 0.3) is 0 Å². The number of hydrogen-bond acceptors (Lipinski definition) is 1. The number of benzene rings is 2. The van der Waals surface area contributed by atoms with E-state index in [0.717, 1.165) is 18.1 Å². The molecule has 0 aliphatic carbocycles. The fraction of sp³-hybridized carbons (Fsp3) is 0.294. The summed E-state index contributed by atoms with van der Waals surface area (Å²) in [7, 11) is 0. The van der Waals surface area contributed by atoms with E-state index in [2.05, 4.69) is 61.2 Å². The Hall–Kier alpha value is -1.31. The zero-order valence-corrected chi connectivity index (χ0v) is 12.3. The van der Waals surface area contributed by atoms with Crippen molar-refractivity contribution in [3.63, 3.8) is 0 Å². The minimum absolute atomic E-state index is 0.391. The van der Waals surface area contributed by atoms with Gasteiger partial charge in [-0.15, -0.1) is 0 Å². The van der Waals surface area contributed by atoms with Crippen LogP contribution in [0.4, 0.5) is 0 Å². The lowest BCUT2D eigenvalue weighted by atomic mass is 10.1. The Labute approximate surface area is 120 Å². The molecule has 0 N–H and O–H groups in total. The van der Waals surface area contributed by atoms with Crippen LogP contribution in [-0.4, -0.2) is 11.4 Å². The van der Waals surface area contributed by atoms with Crippen molar-refractivity contribution < 1.29 is 0 Å². The number of hydrogen-bond donors (Lipinski definition) is 0. The average Bonchev–Trinajstić information content (AvgIpc) is 2.46. The molecule has 0 saturated carbocycles. The third kappa shape index (κ3) is 3.82. The molecule has 2 aromatic rings. The molecule has 0 heterocycles. The van der Waals surface area contributed by atoms with E-state index >= 15 is 0 Å². The highest BCUT2D eigenvalue weighted by Gasteiger charge is 2.14. The Morgan fingerprint density at radius 1 is 1.00 bits per heavy atom. The van der Waals surface area contributed by atoms with Crippen LogP contribution in [-0.2, 0) is 6.54 Å². The lowest BCUT2D eigenvalue weighted by Crippen LogP contribution is -2.26. The van der Waals surface area contributed by atoms with Crippen LogP contribution in [0.3, 0.4) is 0 Å². The lowest BCUT2D eigenvalue weighted by molar-refractivity contribution is 0.213. The van der Waals surface area contributed by atoms with Crippen LogP contribution in [0, 0.1) is 0 Å². The topological polar surface area (TPSA) is 3.24 Å². The van der Waals surface area contributed by atoms with Gasteiger partial charge in [-0.05, 0) is 36.7 Å². The zero-order chi connectivity index (χ0) is 13.7. The van der Waals surface area contributed by atoms with Gasteiger partial charge in [-0.2, -0.15) is 0 Å². The molecule has 1 atom stereocenters. The molecular formula is C17H20ClN. The van der Waals surface area contributed by atoms with Crippen LogP contribution in [0.15, 0.2) is 54.6 Å². The second-order valence-corrected chi connectivity index (χ2v) is 5.21. The summed E-state index contributed by atoms with van der Waals surface area (Å²) in [6.45, 7) is 6.45. The van der Waals surface area contributed by atoms with Crippen LogP contribution in [0.5, 0.6) is 0 Å². The molecule has 0 spiro atoms. The van der Waals surface area contributed by atoms with Gasteiger partial charge in [-0.3, -0.25) is 4.90 Å². The predicted octanol–water partition coefficient (Wildman–Crippen LogP) is 4.92. The van der Waals surface area contributed by atoms with Crippen molar-refractivity contribution in [3.8, 4) is 0 Å². The molecule has 0 fully saturated rings. The summed E-state index contributed by atoms with van der Waals surface area (Å²) in [4.78, 5) is 2.46. The molecule has 1 unspecified atom stereocenters. The van der Waals surface area contributed by atoms with Crippen LogP contribution in [0.2, 0.25) is 5.02 Å². The van der Waals surface area contributed by atoms with Gasteiger partial charge in [0.2, 0.25) is 0 Å². The fourth-order valence-electron chi connectivity index (χ4n) is 2.29. The summed E-state index contributed by atoms with van der Waals surface area (Å²) in [5.74, 6) is 0. The second kappa shape index (κ2) is 6.74. The van der Waals surface area contributed by atoms with Crippen LogP contribution in [0.1, 0.15) is 31.0 Å². The summed E-state index contributed by atoms with van der Waals surface area (Å²) < 4.78 is 0. The molecule has 2 heteroatoms. The first-order valence-corrected chi connectivity index (χ1v) is 7.12. The highest BCUT2D eigenvalue weighted by Crippen LogP contribution is 2.23. The highest BCUT2D eigenvalue weighted by atomic mass is 35.5. The fourth-order valence-corrected chi connectivity index (χ4v) is 2.42. The first kappa shape index (κ1) is 14.1. The number of halogens is 1. The molecule has 0 radical (unpaired) electrons. The first-order valence-electron chi connectivity index (χ1n) is 6.74. The van der Waals surface area contributed by atoms with Gasteiger partial charge in [0, 0.05) is 17.6 Å². The van der Waals surface area contributed by atoms with Gasteiger partial charge in [0.1, 0.15) is 0 Å². The Morgan fingerprint density at radius 3 is 2.21 bits per heavy atom. The molecule has 1 nitrogen and oxygen atoms in total. The van der Waals surface area contributed by atoms with Crippen LogP contribution < -0.4 is 0 Å². The van der Waals surface area contributed by atoms with Gasteiger partial charge in [-0.1, -0.05) is 61.0 Å². The third-order valence-electron chi connectivity index (χ3n) is 3.53. The second-order valence-electron chi connectivity index (χ2n) is 4.78. The molecular weight excluding hydrogens is 254 g/mol. The predicted molar refractivity (Wildman–Crippen MR) is 82.4 cm³/mol. The van der Waals surface area contributed by atoms with Crippen molar-refractivity contribution in [1.29, 1.82) is 0 Å². The zero-order valence-electron chi connectivity index (χ0n) is 11.5.